The number of thiol groups is 1. The molecule has 1 heteroatoms. The van der Waals surface area contributed by atoms with E-state index >= 15 is 0 Å². The Kier molecular flexibility index (Phi) is 2.55. The third-order valence-corrected chi connectivity index (χ3v) is 4.41. The first kappa shape index (κ1) is 10.4. The molecule has 0 N–H and O–H groups in total. The second-order valence-corrected chi connectivity index (χ2v) is 6.04. The minimum Gasteiger partial charge on any atom is -0.179 e. The van der Waals surface area contributed by atoms with E-state index in [9.17, 15) is 0 Å². The van der Waals surface area contributed by atoms with Gasteiger partial charge in [-0.15, -0.1) is 0 Å². The molecule has 1 saturated carbocycles. The first-order valence-corrected chi connectivity index (χ1v) is 5.56. The van der Waals surface area contributed by atoms with Gasteiger partial charge in [0, 0.05) is 0 Å². The number of hydrogen-bond acceptors (Lipinski definition) is 1. The highest BCUT2D eigenvalue weighted by molar-refractivity contribution is 7.80. The van der Waals surface area contributed by atoms with Crippen molar-refractivity contribution in [3.05, 3.63) is 0 Å². The van der Waals surface area contributed by atoms with Gasteiger partial charge in [0.15, 0.2) is 0 Å². The maximum absolute atomic E-state index is 4.38. The van der Waals surface area contributed by atoms with E-state index in [0.717, 1.165) is 17.6 Å². The summed E-state index contributed by atoms with van der Waals surface area (Å²) in [4.78, 5) is 0. The summed E-state index contributed by atoms with van der Waals surface area (Å²) < 4.78 is 0. The van der Waals surface area contributed by atoms with Gasteiger partial charge >= 0.3 is 0 Å². The number of hydrogen-bond donors (Lipinski definition) is 1. The van der Waals surface area contributed by atoms with Crippen molar-refractivity contribution in [3.63, 3.8) is 0 Å². The largest absolute Gasteiger partial charge is 0.179 e. The molecule has 0 radical (unpaired) electrons. The van der Waals surface area contributed by atoms with Crippen molar-refractivity contribution in [2.75, 3.05) is 5.75 Å². The lowest BCUT2D eigenvalue weighted by Gasteiger charge is -2.33. The van der Waals surface area contributed by atoms with Crippen LogP contribution in [0.1, 0.15) is 41.0 Å². The maximum Gasteiger partial charge on any atom is -0.00640 e. The zero-order chi connectivity index (χ0) is 9.57. The Morgan fingerprint density at radius 1 is 1.50 bits per heavy atom. The molecule has 1 aliphatic rings. The van der Waals surface area contributed by atoms with E-state index in [4.69, 9.17) is 0 Å². The summed E-state index contributed by atoms with van der Waals surface area (Å²) in [6, 6.07) is 0. The predicted octanol–water partition coefficient (Wildman–Crippen LogP) is 3.62. The van der Waals surface area contributed by atoms with E-state index in [1.165, 1.54) is 6.42 Å². The van der Waals surface area contributed by atoms with Crippen molar-refractivity contribution in [2.24, 2.45) is 22.7 Å². The fraction of sp³-hybridized carbons (Fsp3) is 1.00. The summed E-state index contributed by atoms with van der Waals surface area (Å²) >= 11 is 4.38. The molecule has 3 atom stereocenters. The van der Waals surface area contributed by atoms with Crippen molar-refractivity contribution in [2.45, 2.75) is 41.0 Å². The molecule has 12 heavy (non-hydrogen) atoms. The van der Waals surface area contributed by atoms with Gasteiger partial charge in [0.05, 0.1) is 0 Å². The molecule has 0 aromatic carbocycles. The Morgan fingerprint density at radius 2 is 2.00 bits per heavy atom. The van der Waals surface area contributed by atoms with Gasteiger partial charge in [0.25, 0.3) is 0 Å². The molecule has 0 nitrogen and oxygen atoms in total. The number of rotatable bonds is 2. The molecule has 0 saturated heterocycles. The first-order chi connectivity index (χ1) is 5.32. The van der Waals surface area contributed by atoms with Gasteiger partial charge in [-0.2, -0.15) is 12.6 Å². The Labute approximate surface area is 82.5 Å². The SMILES string of the molecule is CC(C(C)(C)C)C1(C)CC1CS. The summed E-state index contributed by atoms with van der Waals surface area (Å²) in [7, 11) is 0. The standard InChI is InChI=1S/C11H22S/c1-8(10(2,3)4)11(5)6-9(11)7-12/h8-9,12H,6-7H2,1-5H3. The van der Waals surface area contributed by atoms with Crippen LogP contribution in [0.2, 0.25) is 0 Å². The van der Waals surface area contributed by atoms with Gasteiger partial charge in [-0.3, -0.25) is 0 Å². The summed E-state index contributed by atoms with van der Waals surface area (Å²) in [6.45, 7) is 11.8. The molecule has 0 amide bonds. The smallest absolute Gasteiger partial charge is 0.00640 e. The van der Waals surface area contributed by atoms with Crippen molar-refractivity contribution in [1.29, 1.82) is 0 Å². The van der Waals surface area contributed by atoms with E-state index < -0.39 is 0 Å². The van der Waals surface area contributed by atoms with Crippen molar-refractivity contribution < 1.29 is 0 Å². The minimum atomic E-state index is 0.451. The highest BCUT2D eigenvalue weighted by Crippen LogP contribution is 2.61. The normalized spacial score (nSPS) is 38.0. The van der Waals surface area contributed by atoms with Crippen LogP contribution in [0, 0.1) is 22.7 Å². The molecule has 0 spiro atoms. The van der Waals surface area contributed by atoms with Crippen LogP contribution in [0.3, 0.4) is 0 Å². The van der Waals surface area contributed by atoms with Gasteiger partial charge in [-0.1, -0.05) is 34.6 Å². The van der Waals surface area contributed by atoms with Gasteiger partial charge in [-0.05, 0) is 34.8 Å². The van der Waals surface area contributed by atoms with E-state index in [1.54, 1.807) is 0 Å². The zero-order valence-corrected chi connectivity index (χ0v) is 9.91. The lowest BCUT2D eigenvalue weighted by Crippen LogP contribution is -2.26. The highest BCUT2D eigenvalue weighted by Gasteiger charge is 2.54. The topological polar surface area (TPSA) is 0 Å². The molecule has 0 heterocycles. The van der Waals surface area contributed by atoms with Gasteiger partial charge in [-0.25, -0.2) is 0 Å². The fourth-order valence-electron chi connectivity index (χ4n) is 2.26. The summed E-state index contributed by atoms with van der Waals surface area (Å²) in [5.74, 6) is 2.74. The predicted molar refractivity (Wildman–Crippen MR) is 58.7 cm³/mol. The van der Waals surface area contributed by atoms with Crippen LogP contribution in [0.15, 0.2) is 0 Å². The maximum atomic E-state index is 4.38. The van der Waals surface area contributed by atoms with Crippen LogP contribution in [0.25, 0.3) is 0 Å². The Balaban J connectivity index is 2.61. The lowest BCUT2D eigenvalue weighted by atomic mass is 9.72. The fourth-order valence-corrected chi connectivity index (χ4v) is 2.81. The summed E-state index contributed by atoms with van der Waals surface area (Å²) in [6.07, 6.45) is 1.38. The van der Waals surface area contributed by atoms with Gasteiger partial charge in [0.1, 0.15) is 0 Å². The molecule has 1 fully saturated rings. The summed E-state index contributed by atoms with van der Waals surface area (Å²) in [5.41, 5.74) is 1.03. The second kappa shape index (κ2) is 2.94. The Hall–Kier alpha value is 0.350. The van der Waals surface area contributed by atoms with Crippen LogP contribution >= 0.6 is 12.6 Å². The van der Waals surface area contributed by atoms with Crippen LogP contribution in [0.5, 0.6) is 0 Å². The van der Waals surface area contributed by atoms with Crippen molar-refractivity contribution in [1.82, 2.24) is 0 Å². The van der Waals surface area contributed by atoms with Crippen molar-refractivity contribution >= 4 is 12.6 Å². The molecule has 72 valence electrons. The molecule has 1 rings (SSSR count). The summed E-state index contributed by atoms with van der Waals surface area (Å²) in [5, 5.41) is 0. The van der Waals surface area contributed by atoms with Crippen LogP contribution in [-0.4, -0.2) is 5.75 Å². The van der Waals surface area contributed by atoms with E-state index in [-0.39, 0.29) is 0 Å². The lowest BCUT2D eigenvalue weighted by molar-refractivity contribution is 0.161. The van der Waals surface area contributed by atoms with Crippen LogP contribution in [0.4, 0.5) is 0 Å². The van der Waals surface area contributed by atoms with Crippen molar-refractivity contribution in [3.8, 4) is 0 Å². The zero-order valence-electron chi connectivity index (χ0n) is 9.02. The average molecular weight is 186 g/mol. The van der Waals surface area contributed by atoms with E-state index in [1.807, 2.05) is 0 Å². The van der Waals surface area contributed by atoms with E-state index in [2.05, 4.69) is 47.2 Å². The van der Waals surface area contributed by atoms with E-state index in [0.29, 0.717) is 10.8 Å². The molecule has 1 aliphatic carbocycles. The molecular formula is C11H22S. The first-order valence-electron chi connectivity index (χ1n) is 4.93. The highest BCUT2D eigenvalue weighted by atomic mass is 32.1. The molecule has 3 unspecified atom stereocenters. The molecule has 0 bridgehead atoms. The Morgan fingerprint density at radius 3 is 2.25 bits per heavy atom. The monoisotopic (exact) mass is 186 g/mol. The van der Waals surface area contributed by atoms with Gasteiger partial charge in [0.2, 0.25) is 0 Å². The Bertz CT molecular complexity index is 168. The molecule has 0 aromatic rings. The molecule has 0 aliphatic heterocycles. The second-order valence-electron chi connectivity index (χ2n) is 5.68. The molecular weight excluding hydrogens is 164 g/mol. The minimum absolute atomic E-state index is 0.451. The van der Waals surface area contributed by atoms with Crippen LogP contribution in [-0.2, 0) is 0 Å². The third-order valence-electron chi connectivity index (χ3n) is 3.97. The van der Waals surface area contributed by atoms with Gasteiger partial charge < -0.3 is 0 Å². The average Bonchev–Trinajstić information content (AvgIpc) is 2.60. The molecule has 0 aromatic heterocycles. The third kappa shape index (κ3) is 1.66. The quantitative estimate of drug-likeness (QED) is 0.626. The van der Waals surface area contributed by atoms with Crippen LogP contribution < -0.4 is 0 Å².